The Bertz CT molecular complexity index is 291. The molecule has 0 aliphatic carbocycles. The molecule has 2 aromatic rings. The Balaban J connectivity index is 2.27. The molecular formula is C9H8NOS-. The second kappa shape index (κ2) is 3.13. The number of hydrogen-bond donors (Lipinski definition) is 1. The second-order valence-electron chi connectivity index (χ2n) is 2.52. The predicted octanol–water partition coefficient (Wildman–Crippen LogP) is 1.94. The van der Waals surface area contributed by atoms with E-state index in [0.29, 0.717) is 0 Å². The van der Waals surface area contributed by atoms with E-state index in [0.717, 1.165) is 10.4 Å². The van der Waals surface area contributed by atoms with E-state index in [2.05, 4.69) is 4.98 Å². The first-order chi connectivity index (χ1) is 5.88. The van der Waals surface area contributed by atoms with Gasteiger partial charge in [-0.25, -0.2) is 6.07 Å². The van der Waals surface area contributed by atoms with Crippen molar-refractivity contribution in [2.75, 3.05) is 0 Å². The standard InChI is InChI=1S/C9H8NOS/c11-9(7-3-1-2-4-7)8-5-10-6-12-8/h1-6,9,11H/q-1. The molecule has 0 saturated carbocycles. The van der Waals surface area contributed by atoms with E-state index >= 15 is 0 Å². The Morgan fingerprint density at radius 2 is 2.50 bits per heavy atom. The average molecular weight is 178 g/mol. The van der Waals surface area contributed by atoms with E-state index in [1.165, 1.54) is 11.3 Å². The third-order valence-corrected chi connectivity index (χ3v) is 2.55. The summed E-state index contributed by atoms with van der Waals surface area (Å²) in [5, 5.41) is 9.74. The van der Waals surface area contributed by atoms with Crippen LogP contribution >= 0.6 is 11.3 Å². The summed E-state index contributed by atoms with van der Waals surface area (Å²) in [6.07, 6.45) is 1.19. The van der Waals surface area contributed by atoms with Crippen LogP contribution in [-0.4, -0.2) is 10.1 Å². The lowest BCUT2D eigenvalue weighted by atomic mass is 10.2. The molecular weight excluding hydrogens is 170 g/mol. The van der Waals surface area contributed by atoms with Gasteiger partial charge in [0.2, 0.25) is 0 Å². The lowest BCUT2D eigenvalue weighted by molar-refractivity contribution is 0.224. The summed E-state index contributed by atoms with van der Waals surface area (Å²) in [7, 11) is 0. The zero-order valence-electron chi connectivity index (χ0n) is 6.34. The Hall–Kier alpha value is -1.06. The molecule has 0 saturated heterocycles. The van der Waals surface area contributed by atoms with E-state index in [4.69, 9.17) is 0 Å². The van der Waals surface area contributed by atoms with E-state index in [-0.39, 0.29) is 0 Å². The van der Waals surface area contributed by atoms with Crippen molar-refractivity contribution in [1.82, 2.24) is 4.98 Å². The molecule has 0 radical (unpaired) electrons. The molecule has 2 nitrogen and oxygen atoms in total. The topological polar surface area (TPSA) is 33.1 Å². The first kappa shape index (κ1) is 7.58. The van der Waals surface area contributed by atoms with Crippen LogP contribution in [0.2, 0.25) is 0 Å². The van der Waals surface area contributed by atoms with Gasteiger partial charge in [0, 0.05) is 11.1 Å². The lowest BCUT2D eigenvalue weighted by Gasteiger charge is -2.10. The molecule has 0 bridgehead atoms. The van der Waals surface area contributed by atoms with Gasteiger partial charge in [0.1, 0.15) is 0 Å². The van der Waals surface area contributed by atoms with E-state index in [9.17, 15) is 5.11 Å². The highest BCUT2D eigenvalue weighted by Gasteiger charge is 2.04. The van der Waals surface area contributed by atoms with Crippen LogP contribution in [0, 0.1) is 0 Å². The van der Waals surface area contributed by atoms with E-state index in [1.54, 1.807) is 11.7 Å². The van der Waals surface area contributed by atoms with Crippen molar-refractivity contribution in [3.05, 3.63) is 46.4 Å². The van der Waals surface area contributed by atoms with Gasteiger partial charge >= 0.3 is 0 Å². The summed E-state index contributed by atoms with van der Waals surface area (Å²) in [4.78, 5) is 4.80. The first-order valence-electron chi connectivity index (χ1n) is 3.66. The molecule has 0 fully saturated rings. The minimum Gasteiger partial charge on any atom is -0.396 e. The number of hydrogen-bond acceptors (Lipinski definition) is 3. The van der Waals surface area contributed by atoms with Gasteiger partial charge in [-0.15, -0.1) is 11.3 Å². The molecule has 1 unspecified atom stereocenters. The Kier molecular flexibility index (Phi) is 1.98. The van der Waals surface area contributed by atoms with Crippen molar-refractivity contribution in [2.24, 2.45) is 0 Å². The van der Waals surface area contributed by atoms with Gasteiger partial charge in [0.25, 0.3) is 0 Å². The molecule has 1 N–H and O–H groups in total. The maximum Gasteiger partial charge on any atom is 0.0794 e. The van der Waals surface area contributed by atoms with Crippen LogP contribution in [0.1, 0.15) is 16.5 Å². The normalized spacial score (nSPS) is 13.1. The van der Waals surface area contributed by atoms with Crippen LogP contribution in [0.5, 0.6) is 0 Å². The zero-order valence-corrected chi connectivity index (χ0v) is 7.16. The minimum atomic E-state index is -0.507. The molecule has 1 aromatic carbocycles. The van der Waals surface area contributed by atoms with Crippen LogP contribution < -0.4 is 0 Å². The van der Waals surface area contributed by atoms with Gasteiger partial charge in [-0.05, 0) is 0 Å². The van der Waals surface area contributed by atoms with Crippen LogP contribution in [0.25, 0.3) is 0 Å². The van der Waals surface area contributed by atoms with Crippen molar-refractivity contribution in [3.8, 4) is 0 Å². The Morgan fingerprint density at radius 3 is 3.08 bits per heavy atom. The largest absolute Gasteiger partial charge is 0.396 e. The Labute approximate surface area is 74.5 Å². The highest BCUT2D eigenvalue weighted by molar-refractivity contribution is 7.09. The summed E-state index contributed by atoms with van der Waals surface area (Å²) in [5.74, 6) is 0. The molecule has 12 heavy (non-hydrogen) atoms. The average Bonchev–Trinajstić information content (AvgIpc) is 2.77. The maximum atomic E-state index is 9.74. The van der Waals surface area contributed by atoms with Crippen molar-refractivity contribution in [3.63, 3.8) is 0 Å². The molecule has 1 aromatic heterocycles. The number of nitrogens with zero attached hydrogens (tertiary/aromatic N) is 1. The fourth-order valence-corrected chi connectivity index (χ4v) is 1.73. The van der Waals surface area contributed by atoms with Crippen molar-refractivity contribution >= 4 is 11.3 Å². The zero-order chi connectivity index (χ0) is 8.39. The third kappa shape index (κ3) is 1.29. The van der Waals surface area contributed by atoms with Crippen molar-refractivity contribution in [2.45, 2.75) is 6.10 Å². The van der Waals surface area contributed by atoms with Gasteiger partial charge < -0.3 is 5.11 Å². The summed E-state index contributed by atoms with van der Waals surface area (Å²) in [6.45, 7) is 0. The SMILES string of the molecule is OC(c1cc[cH-]c1)c1cncs1. The molecule has 3 heteroatoms. The van der Waals surface area contributed by atoms with E-state index in [1.807, 2.05) is 24.3 Å². The minimum absolute atomic E-state index is 0.507. The predicted molar refractivity (Wildman–Crippen MR) is 48.2 cm³/mol. The molecule has 0 amide bonds. The van der Waals surface area contributed by atoms with Gasteiger partial charge in [-0.1, -0.05) is 0 Å². The molecule has 62 valence electrons. The van der Waals surface area contributed by atoms with E-state index < -0.39 is 6.10 Å². The Morgan fingerprint density at radius 1 is 1.58 bits per heavy atom. The quantitative estimate of drug-likeness (QED) is 0.713. The molecule has 0 spiro atoms. The van der Waals surface area contributed by atoms with Gasteiger partial charge in [0.05, 0.1) is 11.6 Å². The molecule has 0 aliphatic heterocycles. The fourth-order valence-electron chi connectivity index (χ4n) is 1.10. The summed E-state index contributed by atoms with van der Waals surface area (Å²) in [5.41, 5.74) is 2.65. The molecule has 1 atom stereocenters. The number of aliphatic hydroxyl groups excluding tert-OH is 1. The van der Waals surface area contributed by atoms with Crippen LogP contribution in [-0.2, 0) is 0 Å². The summed E-state index contributed by atoms with van der Waals surface area (Å²) < 4.78 is 0. The van der Waals surface area contributed by atoms with Gasteiger partial charge in [-0.2, -0.15) is 23.8 Å². The third-order valence-electron chi connectivity index (χ3n) is 1.73. The summed E-state index contributed by atoms with van der Waals surface area (Å²) in [6, 6.07) is 7.65. The monoisotopic (exact) mass is 178 g/mol. The molecule has 2 rings (SSSR count). The van der Waals surface area contributed by atoms with Gasteiger partial charge in [0.15, 0.2) is 0 Å². The van der Waals surface area contributed by atoms with Crippen LogP contribution in [0.3, 0.4) is 0 Å². The fraction of sp³-hybridized carbons (Fsp3) is 0.111. The van der Waals surface area contributed by atoms with Crippen LogP contribution in [0.15, 0.2) is 36.0 Å². The first-order valence-corrected chi connectivity index (χ1v) is 4.54. The van der Waals surface area contributed by atoms with Crippen molar-refractivity contribution in [1.29, 1.82) is 0 Å². The van der Waals surface area contributed by atoms with Gasteiger partial charge in [-0.3, -0.25) is 4.98 Å². The maximum absolute atomic E-state index is 9.74. The lowest BCUT2D eigenvalue weighted by Crippen LogP contribution is -1.93. The highest BCUT2D eigenvalue weighted by atomic mass is 32.1. The highest BCUT2D eigenvalue weighted by Crippen LogP contribution is 2.24. The molecule has 0 aliphatic rings. The number of rotatable bonds is 2. The second-order valence-corrected chi connectivity index (χ2v) is 3.44. The number of thiazole rings is 1. The smallest absolute Gasteiger partial charge is 0.0794 e. The summed E-state index contributed by atoms with van der Waals surface area (Å²) >= 11 is 1.47. The number of aliphatic hydroxyl groups is 1. The van der Waals surface area contributed by atoms with Crippen molar-refractivity contribution < 1.29 is 5.11 Å². The van der Waals surface area contributed by atoms with Crippen LogP contribution in [0.4, 0.5) is 0 Å². The molecule has 1 heterocycles. The number of aromatic nitrogens is 1.